The topological polar surface area (TPSA) is 41.5 Å². The van der Waals surface area contributed by atoms with Gasteiger partial charge in [-0.2, -0.15) is 0 Å². The summed E-state index contributed by atoms with van der Waals surface area (Å²) in [6, 6.07) is 4.11. The zero-order valence-electron chi connectivity index (χ0n) is 10.2. The van der Waals surface area contributed by atoms with E-state index in [1.54, 1.807) is 6.07 Å². The Morgan fingerprint density at radius 2 is 2.24 bits per heavy atom. The van der Waals surface area contributed by atoms with E-state index in [1.807, 2.05) is 6.92 Å². The van der Waals surface area contributed by atoms with Gasteiger partial charge in [-0.25, -0.2) is 4.39 Å². The Hall–Kier alpha value is -1.13. The summed E-state index contributed by atoms with van der Waals surface area (Å²) < 4.78 is 18.0. The molecule has 1 aromatic carbocycles. The van der Waals surface area contributed by atoms with Gasteiger partial charge in [-0.15, -0.1) is 0 Å². The van der Waals surface area contributed by atoms with Crippen molar-refractivity contribution in [2.24, 2.45) is 5.41 Å². The molecule has 1 aliphatic rings. The summed E-state index contributed by atoms with van der Waals surface area (Å²) in [6.07, 6.45) is 0. The van der Waals surface area contributed by atoms with E-state index in [1.165, 1.54) is 6.07 Å². The van der Waals surface area contributed by atoms with Gasteiger partial charge in [-0.1, -0.05) is 13.0 Å². The van der Waals surface area contributed by atoms with Crippen molar-refractivity contribution < 1.29 is 14.2 Å². The summed E-state index contributed by atoms with van der Waals surface area (Å²) in [7, 11) is 0. The molecule has 3 nitrogen and oxygen atoms in total. The lowest BCUT2D eigenvalue weighted by Gasteiger charge is -2.39. The predicted molar refractivity (Wildman–Crippen MR) is 63.4 cm³/mol. The van der Waals surface area contributed by atoms with Gasteiger partial charge in [0.1, 0.15) is 11.6 Å². The monoisotopic (exact) mass is 239 g/mol. The minimum absolute atomic E-state index is 0.0000116. The lowest BCUT2D eigenvalue weighted by molar-refractivity contribution is -0.0999. The largest absolute Gasteiger partial charge is 0.508 e. The molecule has 94 valence electrons. The number of phenols is 1. The van der Waals surface area contributed by atoms with Crippen molar-refractivity contribution >= 4 is 0 Å². The van der Waals surface area contributed by atoms with E-state index in [0.717, 1.165) is 31.4 Å². The van der Waals surface area contributed by atoms with E-state index in [4.69, 9.17) is 4.74 Å². The van der Waals surface area contributed by atoms with Crippen molar-refractivity contribution in [1.82, 2.24) is 5.32 Å². The third-order valence-corrected chi connectivity index (χ3v) is 3.20. The van der Waals surface area contributed by atoms with Crippen LogP contribution in [0.25, 0.3) is 0 Å². The van der Waals surface area contributed by atoms with Crippen molar-refractivity contribution in [1.29, 1.82) is 0 Å². The number of hydrogen-bond donors (Lipinski definition) is 2. The number of phenolic OH excluding ortho intramolecular Hbond substituents is 1. The fraction of sp³-hybridized carbons (Fsp3) is 0.538. The van der Waals surface area contributed by atoms with Gasteiger partial charge >= 0.3 is 0 Å². The third kappa shape index (κ3) is 2.76. The SMILES string of the molecule is CC(NCC1(C)COC1)c1ccc(F)cc1O. The summed E-state index contributed by atoms with van der Waals surface area (Å²) >= 11 is 0. The van der Waals surface area contributed by atoms with Gasteiger partial charge in [0, 0.05) is 29.6 Å². The van der Waals surface area contributed by atoms with Crippen molar-refractivity contribution in [3.8, 4) is 5.75 Å². The second-order valence-corrected chi connectivity index (χ2v) is 5.11. The molecule has 1 atom stereocenters. The summed E-state index contributed by atoms with van der Waals surface area (Å²) in [5, 5.41) is 13.0. The Kier molecular flexibility index (Phi) is 3.35. The zero-order valence-corrected chi connectivity index (χ0v) is 10.2. The molecule has 0 aliphatic carbocycles. The molecule has 1 unspecified atom stereocenters. The third-order valence-electron chi connectivity index (χ3n) is 3.20. The van der Waals surface area contributed by atoms with Gasteiger partial charge in [-0.3, -0.25) is 0 Å². The normalized spacial score (nSPS) is 19.7. The minimum Gasteiger partial charge on any atom is -0.508 e. The molecule has 0 aromatic heterocycles. The standard InChI is InChI=1S/C13H18FNO2/c1-9(15-6-13(2)7-17-8-13)11-4-3-10(14)5-12(11)16/h3-5,9,15-16H,6-8H2,1-2H3. The molecule has 0 saturated carbocycles. The molecule has 1 heterocycles. The fourth-order valence-corrected chi connectivity index (χ4v) is 1.95. The average molecular weight is 239 g/mol. The van der Waals surface area contributed by atoms with Crippen LogP contribution in [0, 0.1) is 11.2 Å². The Balaban J connectivity index is 1.96. The maximum atomic E-state index is 12.9. The predicted octanol–water partition coefficient (Wildman–Crippen LogP) is 2.22. The summed E-state index contributed by atoms with van der Waals surface area (Å²) in [4.78, 5) is 0. The van der Waals surface area contributed by atoms with E-state index in [2.05, 4.69) is 12.2 Å². The van der Waals surface area contributed by atoms with Gasteiger partial charge in [0.15, 0.2) is 0 Å². The molecule has 0 amide bonds. The van der Waals surface area contributed by atoms with Crippen molar-refractivity contribution in [2.75, 3.05) is 19.8 Å². The summed E-state index contributed by atoms with van der Waals surface area (Å²) in [5.74, 6) is -0.419. The van der Waals surface area contributed by atoms with Crippen molar-refractivity contribution in [3.63, 3.8) is 0 Å². The molecule has 2 rings (SSSR count). The molecule has 0 radical (unpaired) electrons. The minimum atomic E-state index is -0.419. The van der Waals surface area contributed by atoms with Crippen LogP contribution in [0.15, 0.2) is 18.2 Å². The molecule has 2 N–H and O–H groups in total. The van der Waals surface area contributed by atoms with Crippen LogP contribution >= 0.6 is 0 Å². The Morgan fingerprint density at radius 3 is 2.76 bits per heavy atom. The maximum Gasteiger partial charge on any atom is 0.126 e. The molecule has 17 heavy (non-hydrogen) atoms. The first-order valence-electron chi connectivity index (χ1n) is 5.80. The van der Waals surface area contributed by atoms with Crippen molar-refractivity contribution in [3.05, 3.63) is 29.6 Å². The maximum absolute atomic E-state index is 12.9. The van der Waals surface area contributed by atoms with E-state index in [9.17, 15) is 9.50 Å². The van der Waals surface area contributed by atoms with Crippen LogP contribution in [0.5, 0.6) is 5.75 Å². The van der Waals surface area contributed by atoms with Gasteiger partial charge in [0.2, 0.25) is 0 Å². The molecule has 1 aromatic rings. The van der Waals surface area contributed by atoms with Gasteiger partial charge in [-0.05, 0) is 13.0 Å². The number of rotatable bonds is 4. The molecular weight excluding hydrogens is 221 g/mol. The highest BCUT2D eigenvalue weighted by atomic mass is 19.1. The van der Waals surface area contributed by atoms with Crippen LogP contribution < -0.4 is 5.32 Å². The Bertz CT molecular complexity index is 404. The Morgan fingerprint density at radius 1 is 1.53 bits per heavy atom. The van der Waals surface area contributed by atoms with Crippen molar-refractivity contribution in [2.45, 2.75) is 19.9 Å². The number of benzene rings is 1. The molecular formula is C13H18FNO2. The highest BCUT2D eigenvalue weighted by Crippen LogP contribution is 2.28. The summed E-state index contributed by atoms with van der Waals surface area (Å²) in [6.45, 7) is 6.46. The Labute approximate surface area is 101 Å². The lowest BCUT2D eigenvalue weighted by atomic mass is 9.88. The average Bonchev–Trinajstić information content (AvgIpc) is 2.23. The quantitative estimate of drug-likeness (QED) is 0.846. The lowest BCUT2D eigenvalue weighted by Crippen LogP contribution is -2.47. The first-order chi connectivity index (χ1) is 8.00. The van der Waals surface area contributed by atoms with E-state index in [-0.39, 0.29) is 17.2 Å². The van der Waals surface area contributed by atoms with Crippen LogP contribution in [0.3, 0.4) is 0 Å². The molecule has 1 aliphatic heterocycles. The molecule has 1 fully saturated rings. The van der Waals surface area contributed by atoms with Crippen LogP contribution in [0.2, 0.25) is 0 Å². The molecule has 4 heteroatoms. The number of ether oxygens (including phenoxy) is 1. The van der Waals surface area contributed by atoms with Crippen LogP contribution in [0.1, 0.15) is 25.5 Å². The number of halogens is 1. The van der Waals surface area contributed by atoms with Gasteiger partial charge in [0.05, 0.1) is 13.2 Å². The van der Waals surface area contributed by atoms with E-state index < -0.39 is 5.82 Å². The first kappa shape index (κ1) is 12.3. The van der Waals surface area contributed by atoms with E-state index >= 15 is 0 Å². The second kappa shape index (κ2) is 4.63. The van der Waals surface area contributed by atoms with E-state index in [0.29, 0.717) is 0 Å². The van der Waals surface area contributed by atoms with Gasteiger partial charge in [0.25, 0.3) is 0 Å². The molecule has 1 saturated heterocycles. The number of nitrogens with one attached hydrogen (secondary N) is 1. The first-order valence-corrected chi connectivity index (χ1v) is 5.80. The summed E-state index contributed by atoms with van der Waals surface area (Å²) in [5.41, 5.74) is 0.902. The highest BCUT2D eigenvalue weighted by Gasteiger charge is 2.33. The molecule has 0 bridgehead atoms. The number of hydrogen-bond acceptors (Lipinski definition) is 3. The number of aromatic hydroxyl groups is 1. The van der Waals surface area contributed by atoms with Crippen LogP contribution in [0.4, 0.5) is 4.39 Å². The zero-order chi connectivity index (χ0) is 12.5. The van der Waals surface area contributed by atoms with Crippen LogP contribution in [-0.2, 0) is 4.74 Å². The van der Waals surface area contributed by atoms with Crippen LogP contribution in [-0.4, -0.2) is 24.9 Å². The van der Waals surface area contributed by atoms with Gasteiger partial charge < -0.3 is 15.2 Å². The fourth-order valence-electron chi connectivity index (χ4n) is 1.95. The highest BCUT2D eigenvalue weighted by molar-refractivity contribution is 5.34. The molecule has 0 spiro atoms. The smallest absolute Gasteiger partial charge is 0.126 e. The second-order valence-electron chi connectivity index (χ2n) is 5.11.